The van der Waals surface area contributed by atoms with Crippen molar-refractivity contribution < 1.29 is 19.4 Å². The van der Waals surface area contributed by atoms with Crippen molar-refractivity contribution >= 4 is 23.0 Å². The van der Waals surface area contributed by atoms with Crippen molar-refractivity contribution in [2.24, 2.45) is 5.10 Å². The molecule has 3 aromatic rings. The number of nitrogens with one attached hydrogen (secondary N) is 2. The van der Waals surface area contributed by atoms with Crippen LogP contribution in [-0.2, 0) is 0 Å². The van der Waals surface area contributed by atoms with E-state index in [2.05, 4.69) is 20.5 Å². The third kappa shape index (κ3) is 3.56. The van der Waals surface area contributed by atoms with Gasteiger partial charge in [-0.25, -0.2) is 5.43 Å². The van der Waals surface area contributed by atoms with Gasteiger partial charge in [0.15, 0.2) is 11.5 Å². The molecule has 0 aliphatic carbocycles. The van der Waals surface area contributed by atoms with Gasteiger partial charge in [-0.2, -0.15) is 5.10 Å². The topological polar surface area (TPSA) is 126 Å². The zero-order valence-electron chi connectivity index (χ0n) is 14.5. The van der Waals surface area contributed by atoms with Crippen LogP contribution in [0.1, 0.15) is 15.9 Å². The third-order valence-electron chi connectivity index (χ3n) is 3.80. The summed E-state index contributed by atoms with van der Waals surface area (Å²) in [7, 11) is 2.89. The highest BCUT2D eigenvalue weighted by Gasteiger charge is 2.20. The molecule has 0 aliphatic rings. The lowest BCUT2D eigenvalue weighted by molar-refractivity contribution is 0.0951. The number of hydrazone groups is 1. The highest BCUT2D eigenvalue weighted by Crippen LogP contribution is 2.35. The summed E-state index contributed by atoms with van der Waals surface area (Å²) >= 11 is 0. The van der Waals surface area contributed by atoms with Gasteiger partial charge in [-0.1, -0.05) is 0 Å². The lowest BCUT2D eigenvalue weighted by Crippen LogP contribution is -2.26. The first-order valence-electron chi connectivity index (χ1n) is 7.79. The molecule has 0 aliphatic heterocycles. The van der Waals surface area contributed by atoms with E-state index in [1.807, 2.05) is 0 Å². The molecule has 9 heteroatoms. The Labute approximate surface area is 153 Å². The van der Waals surface area contributed by atoms with Gasteiger partial charge in [-0.3, -0.25) is 14.6 Å². The Bertz CT molecular complexity index is 1080. The number of carbonyl (C=O) groups is 1. The largest absolute Gasteiger partial charge is 0.506 e. The molecule has 0 spiro atoms. The molecule has 0 saturated carbocycles. The molecule has 3 rings (SSSR count). The number of nitrogens with zero attached hydrogens (tertiary/aromatic N) is 2. The summed E-state index contributed by atoms with van der Waals surface area (Å²) in [5, 5.41) is 14.5. The van der Waals surface area contributed by atoms with Crippen molar-refractivity contribution in [1.29, 1.82) is 0 Å². The van der Waals surface area contributed by atoms with E-state index in [1.54, 1.807) is 24.5 Å². The van der Waals surface area contributed by atoms with Gasteiger partial charge in [-0.05, 0) is 23.8 Å². The fourth-order valence-corrected chi connectivity index (χ4v) is 2.49. The number of hydrogen-bond donors (Lipinski definition) is 3. The van der Waals surface area contributed by atoms with Crippen LogP contribution in [0.5, 0.6) is 17.2 Å². The molecule has 1 aromatic carbocycles. The van der Waals surface area contributed by atoms with Crippen LogP contribution in [0, 0.1) is 0 Å². The molecule has 0 unspecified atom stereocenters. The Kier molecular flexibility index (Phi) is 5.02. The number of amides is 1. The fourth-order valence-electron chi connectivity index (χ4n) is 2.49. The second kappa shape index (κ2) is 7.56. The second-order valence-electron chi connectivity index (χ2n) is 5.41. The van der Waals surface area contributed by atoms with E-state index in [1.165, 1.54) is 32.6 Å². The van der Waals surface area contributed by atoms with Gasteiger partial charge in [0.25, 0.3) is 11.5 Å². The zero-order chi connectivity index (χ0) is 19.4. The molecule has 138 valence electrons. The lowest BCUT2D eigenvalue weighted by atomic mass is 10.1. The molecule has 0 atom stereocenters. The summed E-state index contributed by atoms with van der Waals surface area (Å²) in [6.07, 6.45) is 4.54. The quantitative estimate of drug-likeness (QED) is 0.462. The summed E-state index contributed by atoms with van der Waals surface area (Å²) in [5.74, 6) is -0.615. The van der Waals surface area contributed by atoms with E-state index in [4.69, 9.17) is 9.47 Å². The molecule has 0 bridgehead atoms. The summed E-state index contributed by atoms with van der Waals surface area (Å²) in [6, 6.07) is 6.35. The van der Waals surface area contributed by atoms with Crippen molar-refractivity contribution in [3.63, 3.8) is 0 Å². The highest BCUT2D eigenvalue weighted by molar-refractivity contribution is 6.02. The number of aromatic hydroxyl groups is 1. The van der Waals surface area contributed by atoms with Crippen molar-refractivity contribution in [2.45, 2.75) is 0 Å². The van der Waals surface area contributed by atoms with Crippen LogP contribution in [0.2, 0.25) is 0 Å². The van der Waals surface area contributed by atoms with Crippen LogP contribution < -0.4 is 20.5 Å². The number of H-pyrrole nitrogens is 1. The average molecular weight is 368 g/mol. The molecule has 2 aromatic heterocycles. The molecule has 1 amide bonds. The molecule has 2 heterocycles. The van der Waals surface area contributed by atoms with E-state index >= 15 is 0 Å². The standard InChI is InChI=1S/C18H16N4O5/c1-26-13-7-11-12(8-14(13)27-2)21-17(24)15(16(11)23)18(25)22-20-9-10-3-5-19-6-4-10/h3-9H,1-2H3,(H,22,25)(H2,21,23,24). The minimum Gasteiger partial charge on any atom is -0.506 e. The Morgan fingerprint density at radius 3 is 2.56 bits per heavy atom. The van der Waals surface area contributed by atoms with Crippen LogP contribution in [0.4, 0.5) is 0 Å². The predicted octanol–water partition coefficient (Wildman–Crippen LogP) is 1.41. The van der Waals surface area contributed by atoms with E-state index in [-0.39, 0.29) is 5.39 Å². The van der Waals surface area contributed by atoms with Crippen LogP contribution in [0.25, 0.3) is 10.9 Å². The maximum Gasteiger partial charge on any atom is 0.280 e. The summed E-state index contributed by atoms with van der Waals surface area (Å²) in [4.78, 5) is 31.0. The van der Waals surface area contributed by atoms with Gasteiger partial charge in [0.05, 0.1) is 26.0 Å². The number of aromatic amines is 1. The number of aromatic nitrogens is 2. The molecular weight excluding hydrogens is 352 g/mol. The second-order valence-corrected chi connectivity index (χ2v) is 5.41. The van der Waals surface area contributed by atoms with Crippen molar-refractivity contribution in [2.75, 3.05) is 14.2 Å². The van der Waals surface area contributed by atoms with Gasteiger partial charge in [-0.15, -0.1) is 0 Å². The molecule has 0 radical (unpaired) electrons. The molecular formula is C18H16N4O5. The maximum atomic E-state index is 12.3. The van der Waals surface area contributed by atoms with E-state index < -0.39 is 22.8 Å². The van der Waals surface area contributed by atoms with Crippen LogP contribution in [-0.4, -0.2) is 41.4 Å². The van der Waals surface area contributed by atoms with Crippen molar-refractivity contribution in [1.82, 2.24) is 15.4 Å². The normalized spacial score (nSPS) is 10.9. The van der Waals surface area contributed by atoms with Gasteiger partial charge >= 0.3 is 0 Å². The Morgan fingerprint density at radius 2 is 1.89 bits per heavy atom. The van der Waals surface area contributed by atoms with Gasteiger partial charge in [0, 0.05) is 23.8 Å². The third-order valence-corrected chi connectivity index (χ3v) is 3.80. The Hall–Kier alpha value is -3.88. The van der Waals surface area contributed by atoms with Crippen LogP contribution >= 0.6 is 0 Å². The number of ether oxygens (including phenoxy) is 2. The van der Waals surface area contributed by atoms with E-state index in [9.17, 15) is 14.7 Å². The maximum absolute atomic E-state index is 12.3. The number of fused-ring (bicyclic) bond motifs is 1. The minimum atomic E-state index is -0.851. The lowest BCUT2D eigenvalue weighted by Gasteiger charge is -2.11. The molecule has 0 saturated heterocycles. The van der Waals surface area contributed by atoms with E-state index in [0.29, 0.717) is 22.6 Å². The van der Waals surface area contributed by atoms with Gasteiger partial charge < -0.3 is 19.6 Å². The van der Waals surface area contributed by atoms with Crippen molar-refractivity contribution in [3.8, 4) is 17.2 Å². The highest BCUT2D eigenvalue weighted by atomic mass is 16.5. The first kappa shape index (κ1) is 17.9. The predicted molar refractivity (Wildman–Crippen MR) is 98.6 cm³/mol. The number of benzene rings is 1. The van der Waals surface area contributed by atoms with Crippen LogP contribution in [0.3, 0.4) is 0 Å². The van der Waals surface area contributed by atoms with Crippen molar-refractivity contribution in [3.05, 3.63) is 58.1 Å². The monoisotopic (exact) mass is 368 g/mol. The number of methoxy groups -OCH3 is 2. The fraction of sp³-hybridized carbons (Fsp3) is 0.111. The SMILES string of the molecule is COc1cc2[nH]c(=O)c(C(=O)NN=Cc3ccncc3)c(O)c2cc1OC. The molecule has 3 N–H and O–H groups in total. The summed E-state index contributed by atoms with van der Waals surface area (Å²) in [5.41, 5.74) is 2.01. The minimum absolute atomic E-state index is 0.232. The molecule has 9 nitrogen and oxygen atoms in total. The molecule has 27 heavy (non-hydrogen) atoms. The van der Waals surface area contributed by atoms with E-state index in [0.717, 1.165) is 0 Å². The Morgan fingerprint density at radius 1 is 1.22 bits per heavy atom. The Balaban J connectivity index is 1.97. The average Bonchev–Trinajstić information content (AvgIpc) is 2.68. The number of carbonyl (C=O) groups excluding carboxylic acids is 1. The van der Waals surface area contributed by atoms with Crippen LogP contribution in [0.15, 0.2) is 46.6 Å². The number of rotatable bonds is 5. The summed E-state index contributed by atoms with van der Waals surface area (Å²) < 4.78 is 10.4. The summed E-state index contributed by atoms with van der Waals surface area (Å²) in [6.45, 7) is 0. The number of hydrogen-bond acceptors (Lipinski definition) is 7. The first-order chi connectivity index (χ1) is 13.0. The van der Waals surface area contributed by atoms with Gasteiger partial charge in [0.1, 0.15) is 11.3 Å². The zero-order valence-corrected chi connectivity index (χ0v) is 14.5. The molecule has 0 fully saturated rings. The van der Waals surface area contributed by atoms with Gasteiger partial charge in [0.2, 0.25) is 0 Å². The smallest absolute Gasteiger partial charge is 0.280 e. The number of pyridine rings is 2. The first-order valence-corrected chi connectivity index (χ1v) is 7.79.